The summed E-state index contributed by atoms with van der Waals surface area (Å²) >= 11 is 0. The Morgan fingerprint density at radius 2 is 2.23 bits per heavy atom. The summed E-state index contributed by atoms with van der Waals surface area (Å²) in [5, 5.41) is 0. The Morgan fingerprint density at radius 1 is 1.46 bits per heavy atom. The van der Waals surface area contributed by atoms with E-state index in [0.717, 1.165) is 6.04 Å². The number of rotatable bonds is 4. The molecule has 2 heteroatoms. The van der Waals surface area contributed by atoms with E-state index in [-0.39, 0.29) is 0 Å². The van der Waals surface area contributed by atoms with Crippen molar-refractivity contribution in [3.05, 3.63) is 12.2 Å². The van der Waals surface area contributed by atoms with E-state index in [9.17, 15) is 0 Å². The molecule has 0 saturated carbocycles. The van der Waals surface area contributed by atoms with Gasteiger partial charge < -0.3 is 5.73 Å². The minimum Gasteiger partial charge on any atom is -0.327 e. The third-order valence-corrected chi connectivity index (χ3v) is 2.80. The second-order valence-electron chi connectivity index (χ2n) is 4.07. The van der Waals surface area contributed by atoms with E-state index in [1.54, 1.807) is 0 Å². The summed E-state index contributed by atoms with van der Waals surface area (Å²) in [7, 11) is 0. The topological polar surface area (TPSA) is 29.3 Å². The van der Waals surface area contributed by atoms with Crippen LogP contribution in [0.25, 0.3) is 0 Å². The van der Waals surface area contributed by atoms with Crippen LogP contribution < -0.4 is 5.73 Å². The Labute approximate surface area is 81.8 Å². The van der Waals surface area contributed by atoms with Crippen molar-refractivity contribution in [2.24, 2.45) is 5.73 Å². The van der Waals surface area contributed by atoms with Gasteiger partial charge in [-0.15, -0.1) is 0 Å². The lowest BCUT2D eigenvalue weighted by Gasteiger charge is -2.27. The predicted molar refractivity (Wildman–Crippen MR) is 57.7 cm³/mol. The first kappa shape index (κ1) is 10.7. The van der Waals surface area contributed by atoms with Crippen LogP contribution in [0.1, 0.15) is 33.1 Å². The average Bonchev–Trinajstić information content (AvgIpc) is 2.53. The fourth-order valence-electron chi connectivity index (χ4n) is 2.14. The summed E-state index contributed by atoms with van der Waals surface area (Å²) in [6, 6.07) is 1.46. The summed E-state index contributed by atoms with van der Waals surface area (Å²) in [6.07, 6.45) is 8.18. The fraction of sp³-hybridized carbons (Fsp3) is 0.818. The van der Waals surface area contributed by atoms with Gasteiger partial charge >= 0.3 is 0 Å². The molecule has 0 aromatic rings. The zero-order valence-electron chi connectivity index (χ0n) is 8.87. The maximum Gasteiger partial charge on any atom is 0.0133 e. The average molecular weight is 182 g/mol. The van der Waals surface area contributed by atoms with Gasteiger partial charge in [0.2, 0.25) is 0 Å². The van der Waals surface area contributed by atoms with E-state index in [4.69, 9.17) is 5.73 Å². The van der Waals surface area contributed by atoms with E-state index in [1.807, 2.05) is 0 Å². The van der Waals surface area contributed by atoms with Crippen molar-refractivity contribution in [1.82, 2.24) is 4.90 Å². The van der Waals surface area contributed by atoms with Crippen molar-refractivity contribution < 1.29 is 0 Å². The summed E-state index contributed by atoms with van der Waals surface area (Å²) in [6.45, 7) is 6.52. The van der Waals surface area contributed by atoms with Crippen molar-refractivity contribution >= 4 is 0 Å². The van der Waals surface area contributed by atoms with Gasteiger partial charge in [-0.3, -0.25) is 4.90 Å². The molecule has 1 fully saturated rings. The van der Waals surface area contributed by atoms with E-state index in [2.05, 4.69) is 30.9 Å². The van der Waals surface area contributed by atoms with Crippen molar-refractivity contribution in [1.29, 1.82) is 0 Å². The molecule has 13 heavy (non-hydrogen) atoms. The first-order valence-electron chi connectivity index (χ1n) is 5.36. The number of likely N-dealkylation sites (tertiary alicyclic amines) is 1. The molecule has 0 aromatic heterocycles. The van der Waals surface area contributed by atoms with Crippen LogP contribution in [0.15, 0.2) is 12.2 Å². The van der Waals surface area contributed by atoms with Crippen LogP contribution in [0.2, 0.25) is 0 Å². The van der Waals surface area contributed by atoms with Gasteiger partial charge in [-0.1, -0.05) is 12.2 Å². The van der Waals surface area contributed by atoms with Crippen LogP contribution in [-0.2, 0) is 0 Å². The molecule has 1 aliphatic rings. The summed E-state index contributed by atoms with van der Waals surface area (Å²) in [5.74, 6) is 0. The highest BCUT2D eigenvalue weighted by molar-refractivity contribution is 4.91. The molecular formula is C11H22N2. The smallest absolute Gasteiger partial charge is 0.0133 e. The zero-order valence-corrected chi connectivity index (χ0v) is 8.87. The lowest BCUT2D eigenvalue weighted by molar-refractivity contribution is 0.205. The second kappa shape index (κ2) is 5.40. The minimum atomic E-state index is 0.675. The maximum atomic E-state index is 5.41. The number of hydrogen-bond acceptors (Lipinski definition) is 2. The third-order valence-electron chi connectivity index (χ3n) is 2.80. The molecule has 1 atom stereocenters. The highest BCUT2D eigenvalue weighted by atomic mass is 15.2. The van der Waals surface area contributed by atoms with E-state index < -0.39 is 0 Å². The first-order valence-corrected chi connectivity index (χ1v) is 5.36. The largest absolute Gasteiger partial charge is 0.327 e. The molecule has 1 saturated heterocycles. The summed E-state index contributed by atoms with van der Waals surface area (Å²) in [5.41, 5.74) is 5.41. The lowest BCUT2D eigenvalue weighted by Crippen LogP contribution is -2.35. The van der Waals surface area contributed by atoms with Crippen LogP contribution in [0.4, 0.5) is 0 Å². The van der Waals surface area contributed by atoms with Gasteiger partial charge in [-0.05, 0) is 39.7 Å². The van der Waals surface area contributed by atoms with E-state index >= 15 is 0 Å². The molecule has 0 bridgehead atoms. The standard InChI is InChI=1S/C11H22N2/c1-10(2)13-9-5-7-11(13)6-3-4-8-12/h3-4,10-11H,5-9,12H2,1-2H3/b4-3-. The quantitative estimate of drug-likeness (QED) is 0.671. The number of nitrogens with two attached hydrogens (primary N) is 1. The molecule has 2 nitrogen and oxygen atoms in total. The van der Waals surface area contributed by atoms with Gasteiger partial charge in [0, 0.05) is 18.6 Å². The van der Waals surface area contributed by atoms with Crippen LogP contribution in [0.3, 0.4) is 0 Å². The second-order valence-corrected chi connectivity index (χ2v) is 4.07. The maximum absolute atomic E-state index is 5.41. The molecule has 1 heterocycles. The van der Waals surface area contributed by atoms with Crippen LogP contribution >= 0.6 is 0 Å². The van der Waals surface area contributed by atoms with Crippen molar-refractivity contribution in [3.8, 4) is 0 Å². The first-order chi connectivity index (χ1) is 6.25. The molecule has 0 amide bonds. The van der Waals surface area contributed by atoms with Crippen molar-refractivity contribution in [2.45, 2.75) is 45.2 Å². The number of nitrogens with zero attached hydrogens (tertiary/aromatic N) is 1. The third kappa shape index (κ3) is 3.12. The molecule has 0 aliphatic carbocycles. The van der Waals surface area contributed by atoms with Crippen molar-refractivity contribution in [3.63, 3.8) is 0 Å². The summed E-state index contributed by atoms with van der Waals surface area (Å²) in [4.78, 5) is 2.60. The van der Waals surface area contributed by atoms with Gasteiger partial charge in [0.15, 0.2) is 0 Å². The normalized spacial score (nSPS) is 25.1. The van der Waals surface area contributed by atoms with Gasteiger partial charge in [0.1, 0.15) is 0 Å². The van der Waals surface area contributed by atoms with Crippen LogP contribution in [0.5, 0.6) is 0 Å². The molecule has 0 spiro atoms. The number of hydrogen-bond donors (Lipinski definition) is 1. The van der Waals surface area contributed by atoms with Gasteiger partial charge in [-0.25, -0.2) is 0 Å². The predicted octanol–water partition coefficient (Wildman–Crippen LogP) is 1.76. The minimum absolute atomic E-state index is 0.675. The van der Waals surface area contributed by atoms with E-state index in [1.165, 1.54) is 25.8 Å². The van der Waals surface area contributed by atoms with Crippen molar-refractivity contribution in [2.75, 3.05) is 13.1 Å². The molecule has 1 rings (SSSR count). The Kier molecular flexibility index (Phi) is 4.46. The highest BCUT2D eigenvalue weighted by Crippen LogP contribution is 2.22. The SMILES string of the molecule is CC(C)N1CCCC1C/C=C\CN. The Bertz CT molecular complexity index is 163. The Hall–Kier alpha value is -0.340. The summed E-state index contributed by atoms with van der Waals surface area (Å²) < 4.78 is 0. The van der Waals surface area contributed by atoms with Gasteiger partial charge in [0.25, 0.3) is 0 Å². The molecule has 1 aliphatic heterocycles. The molecular weight excluding hydrogens is 160 g/mol. The molecule has 2 N–H and O–H groups in total. The monoisotopic (exact) mass is 182 g/mol. The van der Waals surface area contributed by atoms with Gasteiger partial charge in [0.05, 0.1) is 0 Å². The fourth-order valence-corrected chi connectivity index (χ4v) is 2.14. The highest BCUT2D eigenvalue weighted by Gasteiger charge is 2.24. The molecule has 0 aromatic carbocycles. The zero-order chi connectivity index (χ0) is 9.68. The molecule has 0 radical (unpaired) electrons. The van der Waals surface area contributed by atoms with Crippen LogP contribution in [-0.4, -0.2) is 30.1 Å². The molecule has 1 unspecified atom stereocenters. The Morgan fingerprint density at radius 3 is 2.85 bits per heavy atom. The molecule has 76 valence electrons. The van der Waals surface area contributed by atoms with E-state index in [0.29, 0.717) is 12.6 Å². The lowest BCUT2D eigenvalue weighted by atomic mass is 10.1. The van der Waals surface area contributed by atoms with Gasteiger partial charge in [-0.2, -0.15) is 0 Å². The Balaban J connectivity index is 2.35. The van der Waals surface area contributed by atoms with Crippen LogP contribution in [0, 0.1) is 0 Å².